The molecule has 0 unspecified atom stereocenters. The summed E-state index contributed by atoms with van der Waals surface area (Å²) in [7, 11) is 21.2. The van der Waals surface area contributed by atoms with Crippen LogP contribution < -0.4 is 20.4 Å². The monoisotopic (exact) mass is 660 g/mol. The third-order valence-corrected chi connectivity index (χ3v) is 3.72. The summed E-state index contributed by atoms with van der Waals surface area (Å²) in [4.78, 5) is 46.6. The fourth-order valence-corrected chi connectivity index (χ4v) is 1.71. The van der Waals surface area contributed by atoms with Gasteiger partial charge in [0.2, 0.25) is 0 Å². The van der Waals surface area contributed by atoms with Crippen molar-refractivity contribution >= 4 is 25.9 Å². The van der Waals surface area contributed by atoms with Crippen molar-refractivity contribution in [3.8, 4) is 0 Å². The van der Waals surface area contributed by atoms with Crippen molar-refractivity contribution in [2.75, 3.05) is 123 Å². The standard InChI is InChI=1S/2C9H23N3.4CH2O2.2Ni.H2O/c2*1-10(2)6-8-12(5)9-7-11(3)4;4*2-1-3;;;/h2*6-9H2,1-5H3;4*1H,(H,2,3);;;1H2/q;;;;;;2*+2;/p-4. The first-order chi connectivity index (χ1) is 16.7. The van der Waals surface area contributed by atoms with E-state index in [1.807, 2.05) is 0 Å². The Bertz CT molecular complexity index is 371. The molecule has 0 heterocycles. The average Bonchev–Trinajstić information content (AvgIpc) is 2.76. The summed E-state index contributed by atoms with van der Waals surface area (Å²) in [6.07, 6.45) is 0. The van der Waals surface area contributed by atoms with E-state index >= 15 is 0 Å². The first-order valence-electron chi connectivity index (χ1n) is 10.9. The number of likely N-dealkylation sites (N-methyl/N-ethyl adjacent to an activating group) is 6. The van der Waals surface area contributed by atoms with Gasteiger partial charge in [0.15, 0.2) is 0 Å². The molecule has 0 fully saturated rings. The zero-order valence-electron chi connectivity index (χ0n) is 25.0. The summed E-state index contributed by atoms with van der Waals surface area (Å²) < 4.78 is 0. The van der Waals surface area contributed by atoms with E-state index in [0.29, 0.717) is 0 Å². The van der Waals surface area contributed by atoms with Crippen molar-refractivity contribution in [3.63, 3.8) is 0 Å². The van der Waals surface area contributed by atoms with E-state index in [0.717, 1.165) is 52.4 Å². The first kappa shape index (κ1) is 61.6. The largest absolute Gasteiger partial charge is 2.00 e. The zero-order valence-corrected chi connectivity index (χ0v) is 27.0. The molecular formula is C22H52N6Ni2O9. The Morgan fingerprint density at radius 1 is 0.385 bits per heavy atom. The Hall–Kier alpha value is -1.41. The van der Waals surface area contributed by atoms with Gasteiger partial charge in [-0.1, -0.05) is 0 Å². The first-order valence-corrected chi connectivity index (χ1v) is 10.9. The molecule has 0 atom stereocenters. The van der Waals surface area contributed by atoms with E-state index in [2.05, 4.69) is 99.9 Å². The minimum absolute atomic E-state index is 0. The number of rotatable bonds is 12. The molecule has 0 saturated carbocycles. The Labute approximate surface area is 255 Å². The van der Waals surface area contributed by atoms with Crippen LogP contribution in [0.3, 0.4) is 0 Å². The number of carboxylic acid groups (broad SMARTS) is 4. The molecular weight excluding hydrogens is 610 g/mol. The van der Waals surface area contributed by atoms with Crippen LogP contribution in [0.1, 0.15) is 0 Å². The van der Waals surface area contributed by atoms with Crippen molar-refractivity contribution in [2.24, 2.45) is 0 Å². The Morgan fingerprint density at radius 2 is 0.487 bits per heavy atom. The van der Waals surface area contributed by atoms with Gasteiger partial charge in [-0.05, 0) is 70.5 Å². The van der Waals surface area contributed by atoms with E-state index in [9.17, 15) is 0 Å². The number of carbonyl (C=O) groups excluding carboxylic acids is 4. The van der Waals surface area contributed by atoms with Gasteiger partial charge in [0.25, 0.3) is 0 Å². The van der Waals surface area contributed by atoms with Crippen LogP contribution in [0.5, 0.6) is 0 Å². The van der Waals surface area contributed by atoms with Crippen LogP contribution >= 0.6 is 0 Å². The maximum Gasteiger partial charge on any atom is 2.00 e. The van der Waals surface area contributed by atoms with Crippen LogP contribution in [-0.2, 0) is 52.2 Å². The summed E-state index contributed by atoms with van der Waals surface area (Å²) in [6.45, 7) is 7.19. The molecule has 0 aliphatic carbocycles. The van der Waals surface area contributed by atoms with Gasteiger partial charge < -0.3 is 74.5 Å². The molecule has 15 nitrogen and oxygen atoms in total. The summed E-state index contributed by atoms with van der Waals surface area (Å²) in [5, 5.41) is 33.0. The molecule has 0 aromatic carbocycles. The summed E-state index contributed by atoms with van der Waals surface area (Å²) >= 11 is 0. The maximum atomic E-state index is 8.25. The molecule has 39 heavy (non-hydrogen) atoms. The van der Waals surface area contributed by atoms with Crippen LogP contribution in [0.25, 0.3) is 0 Å². The predicted molar refractivity (Wildman–Crippen MR) is 137 cm³/mol. The van der Waals surface area contributed by atoms with Crippen molar-refractivity contribution in [2.45, 2.75) is 0 Å². The Balaban J connectivity index is -0.0000000444. The Morgan fingerprint density at radius 3 is 0.564 bits per heavy atom. The molecule has 0 aliphatic heterocycles. The number of hydrogen-bond donors (Lipinski definition) is 0. The molecule has 17 heteroatoms. The van der Waals surface area contributed by atoms with Crippen molar-refractivity contribution in [3.05, 3.63) is 0 Å². The summed E-state index contributed by atoms with van der Waals surface area (Å²) in [5.41, 5.74) is 0. The van der Waals surface area contributed by atoms with Gasteiger partial charge in [0, 0.05) is 78.2 Å². The van der Waals surface area contributed by atoms with E-state index in [-0.39, 0.29) is 38.5 Å². The molecule has 0 rings (SSSR count). The maximum absolute atomic E-state index is 8.25. The van der Waals surface area contributed by atoms with Gasteiger partial charge in [-0.15, -0.1) is 0 Å². The van der Waals surface area contributed by atoms with Gasteiger partial charge in [-0.3, -0.25) is 0 Å². The molecule has 0 amide bonds. The molecule has 0 spiro atoms. The van der Waals surface area contributed by atoms with Crippen molar-refractivity contribution in [1.29, 1.82) is 0 Å². The minimum atomic E-state index is -0.500. The SMILES string of the molecule is CN(C)CCN(C)CCN(C)C.CN(C)CCN(C)CCN(C)C.O.O=C[O-].O=C[O-].O=C[O-].O=C[O-].[Ni+2].[Ni+2]. The van der Waals surface area contributed by atoms with Crippen LogP contribution in [0, 0.1) is 0 Å². The topological polar surface area (TPSA) is 211 Å². The van der Waals surface area contributed by atoms with Gasteiger partial charge in [-0.2, -0.15) is 0 Å². The third kappa shape index (κ3) is 127. The normalized spacial score (nSPS) is 8.62. The fourth-order valence-electron chi connectivity index (χ4n) is 1.71. The van der Waals surface area contributed by atoms with Crippen LogP contribution in [-0.4, -0.2) is 184 Å². The average molecular weight is 662 g/mol. The van der Waals surface area contributed by atoms with Gasteiger partial charge in [0.1, 0.15) is 0 Å². The fraction of sp³-hybridized carbons (Fsp3) is 0.818. The predicted octanol–water partition coefficient (Wildman–Crippen LogP) is -7.28. The second kappa shape index (κ2) is 56.7. The van der Waals surface area contributed by atoms with Gasteiger partial charge in [0.05, 0.1) is 0 Å². The molecule has 0 bridgehead atoms. The number of nitrogens with zero attached hydrogens (tertiary/aromatic N) is 6. The second-order valence-corrected chi connectivity index (χ2v) is 8.20. The van der Waals surface area contributed by atoms with Crippen LogP contribution in [0.2, 0.25) is 0 Å². The second-order valence-electron chi connectivity index (χ2n) is 8.20. The van der Waals surface area contributed by atoms with E-state index in [1.165, 1.54) is 0 Å². The van der Waals surface area contributed by atoms with Gasteiger partial charge in [-0.25, -0.2) is 0 Å². The van der Waals surface area contributed by atoms with Crippen molar-refractivity contribution < 1.29 is 78.1 Å². The summed E-state index contributed by atoms with van der Waals surface area (Å²) in [6, 6.07) is 0. The third-order valence-electron chi connectivity index (χ3n) is 3.72. The van der Waals surface area contributed by atoms with E-state index in [4.69, 9.17) is 39.6 Å². The molecule has 0 aromatic rings. The van der Waals surface area contributed by atoms with E-state index < -0.39 is 25.9 Å². The molecule has 0 saturated heterocycles. The van der Waals surface area contributed by atoms with Crippen LogP contribution in [0.4, 0.5) is 0 Å². The quantitative estimate of drug-likeness (QED) is 0.140. The zero-order chi connectivity index (χ0) is 29.9. The molecule has 0 radical (unpaired) electrons. The van der Waals surface area contributed by atoms with Crippen LogP contribution in [0.15, 0.2) is 0 Å². The molecule has 2 N–H and O–H groups in total. The molecule has 0 aliphatic rings. The molecule has 0 aromatic heterocycles. The number of carbonyl (C=O) groups is 4. The van der Waals surface area contributed by atoms with E-state index in [1.54, 1.807) is 0 Å². The van der Waals surface area contributed by atoms with Gasteiger partial charge >= 0.3 is 33.0 Å². The van der Waals surface area contributed by atoms with Crippen molar-refractivity contribution in [1.82, 2.24) is 29.4 Å². The summed E-state index contributed by atoms with van der Waals surface area (Å²) in [5.74, 6) is 0. The molecule has 244 valence electrons. The number of hydrogen-bond acceptors (Lipinski definition) is 14. The minimum Gasteiger partial charge on any atom is -0.554 e. The Kier molecular flexibility index (Phi) is 89.5. The smallest absolute Gasteiger partial charge is 0.554 e.